The molecule has 5 heteroatoms. The summed E-state index contributed by atoms with van der Waals surface area (Å²) in [6, 6.07) is 1.74. The molecule has 2 N–H and O–H groups in total. The minimum Gasteiger partial charge on any atom is -0.496 e. The van der Waals surface area contributed by atoms with E-state index in [4.69, 9.17) is 14.6 Å². The number of methoxy groups -OCH3 is 2. The van der Waals surface area contributed by atoms with E-state index in [0.29, 0.717) is 17.2 Å². The van der Waals surface area contributed by atoms with Gasteiger partial charge in [-0.15, -0.1) is 0 Å². The predicted octanol–water partition coefficient (Wildman–Crippen LogP) is 1.82. The Hall–Kier alpha value is -1.91. The molecule has 0 aromatic heterocycles. The summed E-state index contributed by atoms with van der Waals surface area (Å²) in [7, 11) is 3.13. The fraction of sp³-hybridized carbons (Fsp3) is 0.417. The van der Waals surface area contributed by atoms with Gasteiger partial charge in [0.2, 0.25) is 0 Å². The molecule has 0 heterocycles. The Morgan fingerprint density at radius 2 is 1.94 bits per heavy atom. The van der Waals surface area contributed by atoms with Gasteiger partial charge in [-0.2, -0.15) is 0 Å². The summed E-state index contributed by atoms with van der Waals surface area (Å²) in [6.45, 7) is 3.67. The van der Waals surface area contributed by atoms with Gasteiger partial charge < -0.3 is 19.9 Å². The third kappa shape index (κ3) is 2.81. The highest BCUT2D eigenvalue weighted by Gasteiger charge is 2.14. The fourth-order valence-corrected chi connectivity index (χ4v) is 1.64. The monoisotopic (exact) mass is 239 g/mol. The van der Waals surface area contributed by atoms with Gasteiger partial charge in [0.05, 0.1) is 19.9 Å². The van der Waals surface area contributed by atoms with Crippen LogP contribution in [-0.2, 0) is 4.79 Å². The third-order valence-electron chi connectivity index (χ3n) is 2.65. The van der Waals surface area contributed by atoms with Crippen molar-refractivity contribution in [1.29, 1.82) is 0 Å². The molecule has 0 amide bonds. The van der Waals surface area contributed by atoms with Gasteiger partial charge in [-0.25, -0.2) is 0 Å². The largest absolute Gasteiger partial charge is 0.496 e. The highest BCUT2D eigenvalue weighted by Crippen LogP contribution is 2.36. The van der Waals surface area contributed by atoms with Crippen LogP contribution in [0, 0.1) is 13.8 Å². The van der Waals surface area contributed by atoms with Crippen LogP contribution in [0.15, 0.2) is 6.07 Å². The normalized spacial score (nSPS) is 9.88. The smallest absolute Gasteiger partial charge is 0.322 e. The van der Waals surface area contributed by atoms with Crippen molar-refractivity contribution >= 4 is 11.7 Å². The van der Waals surface area contributed by atoms with Crippen LogP contribution >= 0.6 is 0 Å². The third-order valence-corrected chi connectivity index (χ3v) is 2.65. The highest BCUT2D eigenvalue weighted by atomic mass is 16.5. The Labute approximate surface area is 100 Å². The van der Waals surface area contributed by atoms with Crippen LogP contribution in [0.5, 0.6) is 11.5 Å². The zero-order chi connectivity index (χ0) is 13.0. The van der Waals surface area contributed by atoms with Crippen molar-refractivity contribution in [3.8, 4) is 11.5 Å². The van der Waals surface area contributed by atoms with Crippen LogP contribution in [-0.4, -0.2) is 31.8 Å². The summed E-state index contributed by atoms with van der Waals surface area (Å²) in [4.78, 5) is 10.5. The Balaban J connectivity index is 3.17. The quantitative estimate of drug-likeness (QED) is 0.820. The summed E-state index contributed by atoms with van der Waals surface area (Å²) in [5, 5.41) is 11.5. The van der Waals surface area contributed by atoms with E-state index in [2.05, 4.69) is 5.32 Å². The second-order valence-corrected chi connectivity index (χ2v) is 3.66. The molecule has 0 aliphatic rings. The Morgan fingerprint density at radius 1 is 1.29 bits per heavy atom. The van der Waals surface area contributed by atoms with Gasteiger partial charge in [0.25, 0.3) is 0 Å². The molecule has 94 valence electrons. The van der Waals surface area contributed by atoms with Gasteiger partial charge >= 0.3 is 5.97 Å². The Kier molecular flexibility index (Phi) is 4.20. The minimum absolute atomic E-state index is 0.165. The molecule has 1 aromatic rings. The van der Waals surface area contributed by atoms with Gasteiger partial charge in [-0.05, 0) is 25.0 Å². The van der Waals surface area contributed by atoms with Crippen LogP contribution in [0.25, 0.3) is 0 Å². The van der Waals surface area contributed by atoms with Gasteiger partial charge in [-0.1, -0.05) is 0 Å². The maximum absolute atomic E-state index is 10.5. The average molecular weight is 239 g/mol. The number of carbonyl (C=O) groups is 1. The molecule has 0 saturated heterocycles. The maximum Gasteiger partial charge on any atom is 0.322 e. The Morgan fingerprint density at radius 3 is 2.41 bits per heavy atom. The molecule has 0 aliphatic carbocycles. The zero-order valence-corrected chi connectivity index (χ0v) is 10.5. The second kappa shape index (κ2) is 5.43. The van der Waals surface area contributed by atoms with E-state index in [1.54, 1.807) is 20.3 Å². The number of anilines is 1. The van der Waals surface area contributed by atoms with Crippen LogP contribution in [0.2, 0.25) is 0 Å². The molecule has 0 aliphatic heterocycles. The molecule has 1 aromatic carbocycles. The first-order valence-corrected chi connectivity index (χ1v) is 5.19. The molecule has 0 saturated carbocycles. The number of rotatable bonds is 5. The first kappa shape index (κ1) is 13.2. The number of carboxylic acid groups (broad SMARTS) is 1. The Bertz CT molecular complexity index is 429. The van der Waals surface area contributed by atoms with Crippen LogP contribution in [0.3, 0.4) is 0 Å². The topological polar surface area (TPSA) is 67.8 Å². The van der Waals surface area contributed by atoms with Crippen molar-refractivity contribution in [3.05, 3.63) is 17.2 Å². The molecule has 0 fully saturated rings. The van der Waals surface area contributed by atoms with E-state index in [-0.39, 0.29) is 6.54 Å². The molecule has 0 unspecified atom stereocenters. The summed E-state index contributed by atoms with van der Waals surface area (Å²) >= 11 is 0. The first-order chi connectivity index (χ1) is 8.01. The van der Waals surface area contributed by atoms with Crippen LogP contribution in [0.1, 0.15) is 11.1 Å². The lowest BCUT2D eigenvalue weighted by Gasteiger charge is -2.17. The molecule has 1 rings (SSSR count). The molecule has 0 atom stereocenters. The zero-order valence-electron chi connectivity index (χ0n) is 10.5. The van der Waals surface area contributed by atoms with Crippen molar-refractivity contribution in [3.63, 3.8) is 0 Å². The second-order valence-electron chi connectivity index (χ2n) is 3.66. The predicted molar refractivity (Wildman–Crippen MR) is 65.1 cm³/mol. The lowest BCUT2D eigenvalue weighted by atomic mass is 10.1. The number of nitrogens with one attached hydrogen (secondary N) is 1. The van der Waals surface area contributed by atoms with E-state index >= 15 is 0 Å². The SMILES string of the molecule is COc1cc(NCC(=O)O)c(OC)c(C)c1C. The summed E-state index contributed by atoms with van der Waals surface area (Å²) in [5.74, 6) is 0.421. The molecule has 0 spiro atoms. The van der Waals surface area contributed by atoms with Crippen molar-refractivity contribution < 1.29 is 19.4 Å². The fourth-order valence-electron chi connectivity index (χ4n) is 1.64. The van der Waals surface area contributed by atoms with E-state index < -0.39 is 5.97 Å². The summed E-state index contributed by atoms with van der Waals surface area (Å²) < 4.78 is 10.5. The number of ether oxygens (including phenoxy) is 2. The number of aliphatic carboxylic acids is 1. The van der Waals surface area contributed by atoms with Crippen molar-refractivity contribution in [2.75, 3.05) is 26.1 Å². The summed E-state index contributed by atoms with van der Waals surface area (Å²) in [5.41, 5.74) is 2.53. The van der Waals surface area contributed by atoms with Gasteiger partial charge in [0.1, 0.15) is 18.0 Å². The number of hydrogen-bond acceptors (Lipinski definition) is 4. The van der Waals surface area contributed by atoms with Crippen molar-refractivity contribution in [2.24, 2.45) is 0 Å². The van der Waals surface area contributed by atoms with E-state index in [9.17, 15) is 4.79 Å². The molecule has 0 bridgehead atoms. The van der Waals surface area contributed by atoms with Crippen molar-refractivity contribution in [2.45, 2.75) is 13.8 Å². The number of carboxylic acids is 1. The lowest BCUT2D eigenvalue weighted by molar-refractivity contribution is -0.134. The van der Waals surface area contributed by atoms with E-state index in [1.165, 1.54) is 0 Å². The number of hydrogen-bond donors (Lipinski definition) is 2. The minimum atomic E-state index is -0.927. The standard InChI is InChI=1S/C12H17NO4/c1-7-8(2)12(17-4)9(5-10(7)16-3)13-6-11(14)15/h5,13H,6H2,1-4H3,(H,14,15). The van der Waals surface area contributed by atoms with Crippen LogP contribution in [0.4, 0.5) is 5.69 Å². The van der Waals surface area contributed by atoms with E-state index in [1.807, 2.05) is 13.8 Å². The molecule has 5 nitrogen and oxygen atoms in total. The van der Waals surface area contributed by atoms with Gasteiger partial charge in [-0.3, -0.25) is 4.79 Å². The maximum atomic E-state index is 10.5. The molecular formula is C12H17NO4. The lowest BCUT2D eigenvalue weighted by Crippen LogP contribution is -2.13. The van der Waals surface area contributed by atoms with Crippen LogP contribution < -0.4 is 14.8 Å². The highest BCUT2D eigenvalue weighted by molar-refractivity contribution is 5.75. The summed E-state index contributed by atoms with van der Waals surface area (Å²) in [6.07, 6.45) is 0. The van der Waals surface area contributed by atoms with Gasteiger partial charge in [0.15, 0.2) is 0 Å². The van der Waals surface area contributed by atoms with Crippen molar-refractivity contribution in [1.82, 2.24) is 0 Å². The van der Waals surface area contributed by atoms with E-state index in [0.717, 1.165) is 11.1 Å². The average Bonchev–Trinajstić information content (AvgIpc) is 2.30. The molecule has 17 heavy (non-hydrogen) atoms. The van der Waals surface area contributed by atoms with Gasteiger partial charge in [0, 0.05) is 6.07 Å². The molecule has 0 radical (unpaired) electrons. The molecular weight excluding hydrogens is 222 g/mol. The first-order valence-electron chi connectivity index (χ1n) is 5.19. The number of benzene rings is 1.